The van der Waals surface area contributed by atoms with E-state index in [2.05, 4.69) is 5.32 Å². The average Bonchev–Trinajstić information content (AvgIpc) is 2.33. The van der Waals surface area contributed by atoms with Gasteiger partial charge in [0.15, 0.2) is 0 Å². The fourth-order valence-electron chi connectivity index (χ4n) is 2.40. The summed E-state index contributed by atoms with van der Waals surface area (Å²) in [6, 6.07) is 0. The Labute approximate surface area is 110 Å². The van der Waals surface area contributed by atoms with Crippen LogP contribution in [0.3, 0.4) is 0 Å². The van der Waals surface area contributed by atoms with Crippen molar-refractivity contribution in [3.8, 4) is 0 Å². The minimum Gasteiger partial charge on any atom is -0.356 e. The van der Waals surface area contributed by atoms with Crippen molar-refractivity contribution in [3.63, 3.8) is 0 Å². The number of carbonyl (C=O) groups excluding carboxylic acids is 1. The van der Waals surface area contributed by atoms with E-state index in [0.717, 1.165) is 6.42 Å². The summed E-state index contributed by atoms with van der Waals surface area (Å²) in [6.45, 7) is 0.409. The fourth-order valence-corrected chi connectivity index (χ4v) is 2.59. The topological polar surface area (TPSA) is 29.1 Å². The average molecular weight is 286 g/mol. The molecule has 0 aromatic rings. The van der Waals surface area contributed by atoms with Gasteiger partial charge in [0.1, 0.15) is 0 Å². The lowest BCUT2D eigenvalue weighted by Crippen LogP contribution is -2.42. The summed E-state index contributed by atoms with van der Waals surface area (Å²) in [6.07, 6.45) is -1.13. The lowest BCUT2D eigenvalue weighted by atomic mass is 9.78. The Morgan fingerprint density at radius 1 is 1.22 bits per heavy atom. The molecule has 2 nitrogen and oxygen atoms in total. The maximum atomic E-state index is 12.8. The van der Waals surface area contributed by atoms with Crippen LogP contribution in [0.2, 0.25) is 0 Å². The van der Waals surface area contributed by atoms with Crippen LogP contribution in [0.15, 0.2) is 0 Å². The highest BCUT2D eigenvalue weighted by Gasteiger charge is 2.47. The normalized spacial score (nSPS) is 24.9. The first-order valence-electron chi connectivity index (χ1n) is 6.37. The monoisotopic (exact) mass is 285 g/mol. The zero-order chi connectivity index (χ0) is 13.6. The molecule has 1 aliphatic rings. The number of unbranched alkanes of at least 4 members (excludes halogenated alkanes) is 1. The molecule has 1 saturated carbocycles. The molecule has 1 aliphatic carbocycles. The van der Waals surface area contributed by atoms with E-state index in [0.29, 0.717) is 38.1 Å². The molecule has 0 aromatic carbocycles. The summed E-state index contributed by atoms with van der Waals surface area (Å²) in [4.78, 5) is 11.8. The number of rotatable bonds is 5. The Hall–Kier alpha value is -0.450. The molecule has 0 heterocycles. The van der Waals surface area contributed by atoms with Crippen LogP contribution in [0, 0.1) is 11.8 Å². The second kappa shape index (κ2) is 7.22. The molecule has 0 saturated heterocycles. The summed E-state index contributed by atoms with van der Waals surface area (Å²) >= 11 is 5.49. The summed E-state index contributed by atoms with van der Waals surface area (Å²) in [5.74, 6) is -2.33. The van der Waals surface area contributed by atoms with Crippen molar-refractivity contribution in [1.82, 2.24) is 5.32 Å². The Morgan fingerprint density at radius 2 is 1.89 bits per heavy atom. The highest BCUT2D eigenvalue weighted by atomic mass is 35.5. The number of carbonyl (C=O) groups is 1. The lowest BCUT2D eigenvalue weighted by molar-refractivity contribution is -0.198. The summed E-state index contributed by atoms with van der Waals surface area (Å²) in [5, 5.41) is 2.59. The standard InChI is InChI=1S/C12H19ClF3NO/c13-7-3-4-8-17-11(18)9-5-1-2-6-10(9)12(14,15)16/h9-10H,1-8H2,(H,17,18). The summed E-state index contributed by atoms with van der Waals surface area (Å²) in [5.41, 5.74) is 0. The van der Waals surface area contributed by atoms with Crippen LogP contribution in [0.4, 0.5) is 13.2 Å². The van der Waals surface area contributed by atoms with Crippen molar-refractivity contribution in [2.75, 3.05) is 12.4 Å². The molecule has 1 rings (SSSR count). The van der Waals surface area contributed by atoms with Crippen molar-refractivity contribution >= 4 is 17.5 Å². The van der Waals surface area contributed by atoms with Crippen molar-refractivity contribution in [2.24, 2.45) is 11.8 Å². The van der Waals surface area contributed by atoms with Gasteiger partial charge in [0.2, 0.25) is 5.91 Å². The maximum absolute atomic E-state index is 12.8. The first-order valence-corrected chi connectivity index (χ1v) is 6.90. The molecule has 0 aromatic heterocycles. The molecule has 106 valence electrons. The van der Waals surface area contributed by atoms with Crippen LogP contribution >= 0.6 is 11.6 Å². The number of amides is 1. The molecule has 0 aliphatic heterocycles. The maximum Gasteiger partial charge on any atom is 0.392 e. The molecule has 18 heavy (non-hydrogen) atoms. The minimum absolute atomic E-state index is 0.0727. The Bertz CT molecular complexity index is 271. The third-order valence-electron chi connectivity index (χ3n) is 3.38. The van der Waals surface area contributed by atoms with Crippen LogP contribution in [-0.2, 0) is 4.79 Å². The van der Waals surface area contributed by atoms with Crippen molar-refractivity contribution in [1.29, 1.82) is 0 Å². The van der Waals surface area contributed by atoms with Gasteiger partial charge in [-0.15, -0.1) is 11.6 Å². The third-order valence-corrected chi connectivity index (χ3v) is 3.65. The second-order valence-corrected chi connectivity index (χ2v) is 5.10. The molecule has 1 N–H and O–H groups in total. The second-order valence-electron chi connectivity index (χ2n) is 4.73. The minimum atomic E-state index is -4.27. The Balaban J connectivity index is 2.47. The smallest absolute Gasteiger partial charge is 0.356 e. The van der Waals surface area contributed by atoms with Gasteiger partial charge in [-0.2, -0.15) is 13.2 Å². The fraction of sp³-hybridized carbons (Fsp3) is 0.917. The van der Waals surface area contributed by atoms with E-state index in [1.54, 1.807) is 0 Å². The van der Waals surface area contributed by atoms with E-state index in [4.69, 9.17) is 11.6 Å². The summed E-state index contributed by atoms with van der Waals surface area (Å²) in [7, 11) is 0. The van der Waals surface area contributed by atoms with Crippen LogP contribution in [0.1, 0.15) is 38.5 Å². The quantitative estimate of drug-likeness (QED) is 0.608. The van der Waals surface area contributed by atoms with Gasteiger partial charge in [0, 0.05) is 18.3 Å². The van der Waals surface area contributed by atoms with E-state index < -0.39 is 23.9 Å². The van der Waals surface area contributed by atoms with E-state index in [1.807, 2.05) is 0 Å². The molecule has 6 heteroatoms. The van der Waals surface area contributed by atoms with Gasteiger partial charge in [-0.25, -0.2) is 0 Å². The molecule has 2 unspecified atom stereocenters. The number of hydrogen-bond donors (Lipinski definition) is 1. The van der Waals surface area contributed by atoms with Crippen LogP contribution in [-0.4, -0.2) is 24.5 Å². The Morgan fingerprint density at radius 3 is 2.50 bits per heavy atom. The molecule has 0 bridgehead atoms. The van der Waals surface area contributed by atoms with Crippen LogP contribution in [0.5, 0.6) is 0 Å². The molecular weight excluding hydrogens is 267 g/mol. The first-order chi connectivity index (χ1) is 8.46. The zero-order valence-corrected chi connectivity index (χ0v) is 11.0. The highest BCUT2D eigenvalue weighted by Crippen LogP contribution is 2.41. The van der Waals surface area contributed by atoms with Crippen molar-refractivity contribution in [3.05, 3.63) is 0 Å². The van der Waals surface area contributed by atoms with Gasteiger partial charge in [0.05, 0.1) is 5.92 Å². The molecular formula is C12H19ClF3NO. The zero-order valence-electron chi connectivity index (χ0n) is 10.2. The predicted octanol–water partition coefficient (Wildman–Crippen LogP) is 3.49. The van der Waals surface area contributed by atoms with Crippen LogP contribution in [0.25, 0.3) is 0 Å². The first kappa shape index (κ1) is 15.6. The van der Waals surface area contributed by atoms with E-state index in [9.17, 15) is 18.0 Å². The molecule has 0 radical (unpaired) electrons. The third kappa shape index (κ3) is 4.67. The molecule has 0 spiro atoms. The molecule has 1 amide bonds. The van der Waals surface area contributed by atoms with Crippen molar-refractivity contribution in [2.45, 2.75) is 44.7 Å². The lowest BCUT2D eigenvalue weighted by Gasteiger charge is -2.32. The van der Waals surface area contributed by atoms with Gasteiger partial charge in [0.25, 0.3) is 0 Å². The number of hydrogen-bond acceptors (Lipinski definition) is 1. The van der Waals surface area contributed by atoms with Gasteiger partial charge in [-0.3, -0.25) is 4.79 Å². The number of nitrogens with one attached hydrogen (secondary N) is 1. The van der Waals surface area contributed by atoms with Crippen molar-refractivity contribution < 1.29 is 18.0 Å². The van der Waals surface area contributed by atoms with Gasteiger partial charge < -0.3 is 5.32 Å². The summed E-state index contributed by atoms with van der Waals surface area (Å²) < 4.78 is 38.4. The SMILES string of the molecule is O=C(NCCCCCl)C1CCCCC1C(F)(F)F. The largest absolute Gasteiger partial charge is 0.392 e. The molecule has 1 fully saturated rings. The number of alkyl halides is 4. The molecule has 2 atom stereocenters. The van der Waals surface area contributed by atoms with Gasteiger partial charge >= 0.3 is 6.18 Å². The Kier molecular flexibility index (Phi) is 6.26. The van der Waals surface area contributed by atoms with Gasteiger partial charge in [-0.05, 0) is 25.7 Å². The van der Waals surface area contributed by atoms with Gasteiger partial charge in [-0.1, -0.05) is 12.8 Å². The highest BCUT2D eigenvalue weighted by molar-refractivity contribution is 6.17. The number of halogens is 4. The van der Waals surface area contributed by atoms with Crippen LogP contribution < -0.4 is 5.32 Å². The van der Waals surface area contributed by atoms with E-state index in [-0.39, 0.29) is 6.42 Å². The van der Waals surface area contributed by atoms with E-state index >= 15 is 0 Å². The predicted molar refractivity (Wildman–Crippen MR) is 64.5 cm³/mol. The van der Waals surface area contributed by atoms with E-state index in [1.165, 1.54) is 0 Å².